The Morgan fingerprint density at radius 2 is 2.05 bits per heavy atom. The molecular weight excluding hydrogens is 270 g/mol. The van der Waals surface area contributed by atoms with E-state index in [4.69, 9.17) is 4.74 Å². The molecule has 0 saturated heterocycles. The van der Waals surface area contributed by atoms with Crippen LogP contribution in [-0.4, -0.2) is 31.6 Å². The van der Waals surface area contributed by atoms with Crippen LogP contribution in [0.2, 0.25) is 0 Å². The number of esters is 1. The number of rotatable bonds is 6. The van der Waals surface area contributed by atoms with Crippen molar-refractivity contribution in [2.75, 3.05) is 20.7 Å². The van der Waals surface area contributed by atoms with Crippen LogP contribution in [0.1, 0.15) is 20.8 Å². The summed E-state index contributed by atoms with van der Waals surface area (Å²) < 4.78 is 4.82. The number of carbonyl (C=O) groups is 1. The van der Waals surface area contributed by atoms with E-state index in [1.54, 1.807) is 11.3 Å². The molecule has 0 N–H and O–H groups in total. The Balaban J connectivity index is 1.97. The van der Waals surface area contributed by atoms with Crippen molar-refractivity contribution in [2.24, 2.45) is 0 Å². The van der Waals surface area contributed by atoms with E-state index in [1.807, 2.05) is 24.3 Å². The molecule has 0 bridgehead atoms. The summed E-state index contributed by atoms with van der Waals surface area (Å²) in [6, 6.07) is 11.8. The first-order valence-corrected chi connectivity index (χ1v) is 7.46. The minimum absolute atomic E-state index is 0.271. The number of carbonyl (C=O) groups excluding carboxylic acids is 1. The minimum atomic E-state index is -0.271. The molecule has 1 aromatic heterocycles. The molecule has 0 aliphatic carbocycles. The number of benzene rings is 1. The highest BCUT2D eigenvalue weighted by Gasteiger charge is 2.12. The monoisotopic (exact) mass is 289 g/mol. The molecule has 0 atom stereocenters. The second kappa shape index (κ2) is 7.22. The van der Waals surface area contributed by atoms with Gasteiger partial charge < -0.3 is 9.64 Å². The van der Waals surface area contributed by atoms with Gasteiger partial charge in [0.05, 0.1) is 12.7 Å². The molecule has 0 fully saturated rings. The third-order valence-corrected chi connectivity index (χ3v) is 4.12. The van der Waals surface area contributed by atoms with Crippen molar-refractivity contribution >= 4 is 17.3 Å². The zero-order valence-corrected chi connectivity index (χ0v) is 12.7. The Morgan fingerprint density at radius 1 is 1.25 bits per heavy atom. The van der Waals surface area contributed by atoms with E-state index in [1.165, 1.54) is 12.0 Å². The van der Waals surface area contributed by atoms with E-state index in [0.717, 1.165) is 25.1 Å². The van der Waals surface area contributed by atoms with Gasteiger partial charge in [0.1, 0.15) is 0 Å². The maximum atomic E-state index is 11.7. The second-order valence-electron chi connectivity index (χ2n) is 4.72. The molecule has 0 aliphatic rings. The van der Waals surface area contributed by atoms with Gasteiger partial charge in [0, 0.05) is 18.0 Å². The van der Waals surface area contributed by atoms with Gasteiger partial charge in [-0.1, -0.05) is 24.3 Å². The van der Waals surface area contributed by atoms with E-state index in [2.05, 4.69) is 29.5 Å². The highest BCUT2D eigenvalue weighted by Crippen LogP contribution is 2.14. The van der Waals surface area contributed by atoms with E-state index >= 15 is 0 Å². The van der Waals surface area contributed by atoms with E-state index in [9.17, 15) is 4.79 Å². The average Bonchev–Trinajstić information content (AvgIpc) is 2.98. The van der Waals surface area contributed by atoms with Crippen molar-refractivity contribution in [3.8, 4) is 0 Å². The third-order valence-electron chi connectivity index (χ3n) is 3.18. The lowest BCUT2D eigenvalue weighted by Crippen LogP contribution is -2.22. The largest absolute Gasteiger partial charge is 0.465 e. The summed E-state index contributed by atoms with van der Waals surface area (Å²) in [6.07, 6.45) is 1.04. The van der Waals surface area contributed by atoms with E-state index < -0.39 is 0 Å². The molecule has 2 rings (SSSR count). The van der Waals surface area contributed by atoms with Crippen LogP contribution in [0.5, 0.6) is 0 Å². The molecule has 0 radical (unpaired) electrons. The molecule has 0 spiro atoms. The Morgan fingerprint density at radius 3 is 2.75 bits per heavy atom. The lowest BCUT2D eigenvalue weighted by Gasteiger charge is -2.17. The maximum Gasteiger partial charge on any atom is 0.338 e. The zero-order chi connectivity index (χ0) is 14.4. The first kappa shape index (κ1) is 14.8. The van der Waals surface area contributed by atoms with Crippen molar-refractivity contribution in [2.45, 2.75) is 13.0 Å². The van der Waals surface area contributed by atoms with Crippen LogP contribution in [0.4, 0.5) is 0 Å². The number of hydrogen-bond donors (Lipinski definition) is 0. The summed E-state index contributed by atoms with van der Waals surface area (Å²) in [5.74, 6) is -0.271. The number of ether oxygens (including phenoxy) is 1. The summed E-state index contributed by atoms with van der Waals surface area (Å²) in [7, 11) is 3.49. The van der Waals surface area contributed by atoms with Crippen LogP contribution in [0.25, 0.3) is 0 Å². The molecule has 4 heteroatoms. The first-order chi connectivity index (χ1) is 9.70. The summed E-state index contributed by atoms with van der Waals surface area (Å²) in [4.78, 5) is 15.3. The highest BCUT2D eigenvalue weighted by molar-refractivity contribution is 7.09. The Labute approximate surface area is 123 Å². The number of likely N-dealkylation sites (N-methyl/N-ethyl adjacent to an activating group) is 1. The fourth-order valence-corrected chi connectivity index (χ4v) is 2.79. The van der Waals surface area contributed by atoms with Gasteiger partial charge in [-0.2, -0.15) is 0 Å². The molecular formula is C16H19NO2S. The Hall–Kier alpha value is -1.65. The zero-order valence-electron chi connectivity index (χ0n) is 11.8. The predicted molar refractivity (Wildman–Crippen MR) is 82.1 cm³/mol. The fourth-order valence-electron chi connectivity index (χ4n) is 2.09. The summed E-state index contributed by atoms with van der Waals surface area (Å²) >= 11 is 1.78. The van der Waals surface area contributed by atoms with Crippen molar-refractivity contribution in [1.29, 1.82) is 0 Å². The van der Waals surface area contributed by atoms with Gasteiger partial charge in [0.2, 0.25) is 0 Å². The fraction of sp³-hybridized carbons (Fsp3) is 0.312. The molecule has 1 heterocycles. The second-order valence-corrected chi connectivity index (χ2v) is 5.75. The van der Waals surface area contributed by atoms with Crippen LogP contribution in [0.3, 0.4) is 0 Å². The van der Waals surface area contributed by atoms with Crippen LogP contribution in [-0.2, 0) is 17.7 Å². The Kier molecular flexibility index (Phi) is 5.32. The normalized spacial score (nSPS) is 10.8. The molecule has 0 saturated carbocycles. The van der Waals surface area contributed by atoms with Crippen molar-refractivity contribution < 1.29 is 9.53 Å². The first-order valence-electron chi connectivity index (χ1n) is 6.58. The molecule has 2 aromatic rings. The SMILES string of the molecule is COC(=O)c1ccccc1CN(C)CCc1cccs1. The smallest absolute Gasteiger partial charge is 0.338 e. The van der Waals surface area contributed by atoms with Gasteiger partial charge in [-0.15, -0.1) is 11.3 Å². The molecule has 1 aromatic carbocycles. The number of nitrogens with zero attached hydrogens (tertiary/aromatic N) is 1. The van der Waals surface area contributed by atoms with Gasteiger partial charge in [-0.05, 0) is 36.5 Å². The van der Waals surface area contributed by atoms with Gasteiger partial charge in [-0.3, -0.25) is 0 Å². The van der Waals surface area contributed by atoms with Crippen LogP contribution in [0, 0.1) is 0 Å². The van der Waals surface area contributed by atoms with Gasteiger partial charge in [0.25, 0.3) is 0 Å². The molecule has 106 valence electrons. The average molecular weight is 289 g/mol. The molecule has 0 aliphatic heterocycles. The minimum Gasteiger partial charge on any atom is -0.465 e. The molecule has 20 heavy (non-hydrogen) atoms. The summed E-state index contributed by atoms with van der Waals surface area (Å²) in [5, 5.41) is 2.10. The van der Waals surface area contributed by atoms with Crippen LogP contribution < -0.4 is 0 Å². The van der Waals surface area contributed by atoms with Gasteiger partial charge in [0.15, 0.2) is 0 Å². The molecule has 3 nitrogen and oxygen atoms in total. The number of methoxy groups -OCH3 is 1. The van der Waals surface area contributed by atoms with E-state index in [0.29, 0.717) is 5.56 Å². The lowest BCUT2D eigenvalue weighted by molar-refractivity contribution is 0.0598. The van der Waals surface area contributed by atoms with Crippen molar-refractivity contribution in [3.05, 3.63) is 57.8 Å². The molecule has 0 unspecified atom stereocenters. The van der Waals surface area contributed by atoms with Gasteiger partial charge in [-0.25, -0.2) is 4.79 Å². The van der Waals surface area contributed by atoms with Crippen LogP contribution in [0.15, 0.2) is 41.8 Å². The van der Waals surface area contributed by atoms with Gasteiger partial charge >= 0.3 is 5.97 Å². The highest BCUT2D eigenvalue weighted by atomic mass is 32.1. The molecule has 0 amide bonds. The summed E-state index contributed by atoms with van der Waals surface area (Å²) in [5.41, 5.74) is 1.66. The lowest BCUT2D eigenvalue weighted by atomic mass is 10.1. The van der Waals surface area contributed by atoms with Crippen LogP contribution >= 0.6 is 11.3 Å². The number of thiophene rings is 1. The maximum absolute atomic E-state index is 11.7. The Bertz CT molecular complexity index is 551. The number of hydrogen-bond acceptors (Lipinski definition) is 4. The topological polar surface area (TPSA) is 29.5 Å². The predicted octanol–water partition coefficient (Wildman–Crippen LogP) is 3.21. The standard InChI is InChI=1S/C16H19NO2S/c1-17(10-9-14-7-5-11-20-14)12-13-6-3-4-8-15(13)16(18)19-2/h3-8,11H,9-10,12H2,1-2H3. The van der Waals surface area contributed by atoms with Crippen molar-refractivity contribution in [1.82, 2.24) is 4.90 Å². The van der Waals surface area contributed by atoms with Crippen molar-refractivity contribution in [3.63, 3.8) is 0 Å². The third kappa shape index (κ3) is 3.92. The van der Waals surface area contributed by atoms with E-state index in [-0.39, 0.29) is 5.97 Å². The summed E-state index contributed by atoms with van der Waals surface area (Å²) in [6.45, 7) is 1.71. The quantitative estimate of drug-likeness (QED) is 0.765.